The Morgan fingerprint density at radius 1 is 1.39 bits per heavy atom. The number of aromatic nitrogens is 1. The van der Waals surface area contributed by atoms with Crippen LogP contribution >= 0.6 is 0 Å². The molecule has 0 aliphatic heterocycles. The Hall–Kier alpha value is -1.68. The fourth-order valence-corrected chi connectivity index (χ4v) is 1.56. The van der Waals surface area contributed by atoms with Crippen molar-refractivity contribution in [2.45, 2.75) is 33.4 Å². The lowest BCUT2D eigenvalue weighted by Crippen LogP contribution is -2.21. The minimum Gasteiger partial charge on any atom is -0.439 e. The molecule has 0 saturated carbocycles. The molecule has 3 nitrogen and oxygen atoms in total. The molecule has 0 saturated heterocycles. The topological polar surface area (TPSA) is 38.1 Å². The molecule has 0 aliphatic rings. The van der Waals surface area contributed by atoms with Crippen LogP contribution in [0, 0.1) is 12.7 Å². The van der Waals surface area contributed by atoms with Crippen molar-refractivity contribution in [2.24, 2.45) is 0 Å². The van der Waals surface area contributed by atoms with E-state index in [1.807, 2.05) is 6.07 Å². The fourth-order valence-electron chi connectivity index (χ4n) is 1.56. The van der Waals surface area contributed by atoms with Gasteiger partial charge in [-0.2, -0.15) is 0 Å². The zero-order chi connectivity index (χ0) is 13.1. The number of halogens is 1. The lowest BCUT2D eigenvalue weighted by atomic mass is 10.1. The molecular weight excluding hydrogens is 231 g/mol. The summed E-state index contributed by atoms with van der Waals surface area (Å²) in [6.07, 6.45) is 1.63. The molecule has 1 aromatic carbocycles. The van der Waals surface area contributed by atoms with E-state index in [0.717, 1.165) is 0 Å². The van der Waals surface area contributed by atoms with Crippen molar-refractivity contribution in [2.75, 3.05) is 0 Å². The van der Waals surface area contributed by atoms with Crippen LogP contribution in [0.5, 0.6) is 0 Å². The van der Waals surface area contributed by atoms with E-state index < -0.39 is 0 Å². The largest absolute Gasteiger partial charge is 0.439 e. The summed E-state index contributed by atoms with van der Waals surface area (Å²) in [6.45, 7) is 6.42. The number of rotatable bonds is 4. The second kappa shape index (κ2) is 5.31. The molecule has 96 valence electrons. The Balaban J connectivity index is 2.16. The van der Waals surface area contributed by atoms with Crippen LogP contribution in [0.1, 0.15) is 25.3 Å². The molecule has 1 aromatic heterocycles. The van der Waals surface area contributed by atoms with E-state index in [1.54, 1.807) is 19.2 Å². The minimum absolute atomic E-state index is 0.231. The van der Waals surface area contributed by atoms with Crippen LogP contribution in [0.3, 0.4) is 0 Å². The molecule has 4 heteroatoms. The smallest absolute Gasteiger partial charge is 0.208 e. The van der Waals surface area contributed by atoms with Crippen LogP contribution in [0.4, 0.5) is 4.39 Å². The Bertz CT molecular complexity index is 534. The van der Waals surface area contributed by atoms with Gasteiger partial charge in [0.25, 0.3) is 0 Å². The number of hydrogen-bond acceptors (Lipinski definition) is 3. The molecule has 0 unspecified atom stereocenters. The first-order valence-electron chi connectivity index (χ1n) is 6.01. The van der Waals surface area contributed by atoms with Crippen molar-refractivity contribution in [3.05, 3.63) is 41.7 Å². The lowest BCUT2D eigenvalue weighted by Gasteiger charge is -2.04. The zero-order valence-corrected chi connectivity index (χ0v) is 10.8. The number of oxazole rings is 1. The molecule has 0 fully saturated rings. The molecule has 0 spiro atoms. The summed E-state index contributed by atoms with van der Waals surface area (Å²) in [5.41, 5.74) is 1.33. The predicted molar refractivity (Wildman–Crippen MR) is 68.6 cm³/mol. The Kier molecular flexibility index (Phi) is 3.77. The maximum Gasteiger partial charge on any atom is 0.208 e. The second-order valence-corrected chi connectivity index (χ2v) is 4.62. The summed E-state index contributed by atoms with van der Waals surface area (Å²) in [5, 5.41) is 3.22. The molecule has 0 radical (unpaired) electrons. The van der Waals surface area contributed by atoms with E-state index in [9.17, 15) is 4.39 Å². The van der Waals surface area contributed by atoms with Crippen LogP contribution in [0.2, 0.25) is 0 Å². The fraction of sp³-hybridized carbons (Fsp3) is 0.357. The first kappa shape index (κ1) is 12.8. The highest BCUT2D eigenvalue weighted by Crippen LogP contribution is 2.22. The quantitative estimate of drug-likeness (QED) is 0.902. The van der Waals surface area contributed by atoms with E-state index >= 15 is 0 Å². The molecule has 0 aliphatic carbocycles. The van der Waals surface area contributed by atoms with Gasteiger partial charge in [0.2, 0.25) is 5.89 Å². The highest BCUT2D eigenvalue weighted by Gasteiger charge is 2.08. The van der Waals surface area contributed by atoms with Crippen molar-refractivity contribution >= 4 is 0 Å². The summed E-state index contributed by atoms with van der Waals surface area (Å²) in [7, 11) is 0. The summed E-state index contributed by atoms with van der Waals surface area (Å²) < 4.78 is 19.0. The average Bonchev–Trinajstić information content (AvgIpc) is 2.79. The van der Waals surface area contributed by atoms with Gasteiger partial charge in [-0.05, 0) is 18.6 Å². The van der Waals surface area contributed by atoms with Gasteiger partial charge in [0.15, 0.2) is 5.76 Å². The van der Waals surface area contributed by atoms with Gasteiger partial charge in [0.05, 0.1) is 12.7 Å². The highest BCUT2D eigenvalue weighted by molar-refractivity contribution is 5.56. The molecule has 1 N–H and O–H groups in total. The molecule has 0 atom stereocenters. The Morgan fingerprint density at radius 2 is 2.17 bits per heavy atom. The molecule has 2 rings (SSSR count). The third-order valence-electron chi connectivity index (χ3n) is 2.67. The number of aryl methyl sites for hydroxylation is 1. The van der Waals surface area contributed by atoms with Gasteiger partial charge in [-0.25, -0.2) is 9.37 Å². The molecule has 0 amide bonds. The maximum absolute atomic E-state index is 13.5. The van der Waals surface area contributed by atoms with Crippen LogP contribution in [-0.2, 0) is 6.54 Å². The Morgan fingerprint density at radius 3 is 2.83 bits per heavy atom. The first-order chi connectivity index (χ1) is 8.56. The maximum atomic E-state index is 13.5. The first-order valence-corrected chi connectivity index (χ1v) is 6.01. The van der Waals surface area contributed by atoms with Crippen molar-refractivity contribution < 1.29 is 8.81 Å². The van der Waals surface area contributed by atoms with Gasteiger partial charge in [-0.1, -0.05) is 26.0 Å². The normalized spacial score (nSPS) is 11.2. The summed E-state index contributed by atoms with van der Waals surface area (Å²) in [4.78, 5) is 4.17. The van der Waals surface area contributed by atoms with E-state index in [1.165, 1.54) is 6.07 Å². The van der Waals surface area contributed by atoms with Crippen molar-refractivity contribution in [3.8, 4) is 11.3 Å². The van der Waals surface area contributed by atoms with Crippen molar-refractivity contribution in [1.82, 2.24) is 10.3 Å². The molecule has 1 heterocycles. The molecule has 18 heavy (non-hydrogen) atoms. The van der Waals surface area contributed by atoms with Gasteiger partial charge >= 0.3 is 0 Å². The third kappa shape index (κ3) is 2.96. The Labute approximate surface area is 106 Å². The number of nitrogens with one attached hydrogen (secondary N) is 1. The summed E-state index contributed by atoms with van der Waals surface area (Å²) in [5.74, 6) is 0.972. The molecule has 2 aromatic rings. The zero-order valence-electron chi connectivity index (χ0n) is 10.8. The van der Waals surface area contributed by atoms with Gasteiger partial charge in [-0.3, -0.25) is 0 Å². The predicted octanol–water partition coefficient (Wildman–Crippen LogP) is 3.29. The minimum atomic E-state index is -0.231. The van der Waals surface area contributed by atoms with Crippen LogP contribution in [-0.4, -0.2) is 11.0 Å². The molecule has 0 bridgehead atoms. The number of benzene rings is 1. The van der Waals surface area contributed by atoms with Gasteiger partial charge < -0.3 is 9.73 Å². The van der Waals surface area contributed by atoms with Gasteiger partial charge in [0.1, 0.15) is 5.82 Å². The van der Waals surface area contributed by atoms with E-state index in [0.29, 0.717) is 35.4 Å². The van der Waals surface area contributed by atoms with Gasteiger partial charge in [-0.15, -0.1) is 0 Å². The van der Waals surface area contributed by atoms with Gasteiger partial charge in [0, 0.05) is 11.6 Å². The number of hydrogen-bond donors (Lipinski definition) is 1. The SMILES string of the molecule is Cc1ccc(-c2cnc(CNC(C)C)o2)cc1F. The molecular formula is C14H17FN2O. The summed E-state index contributed by atoms with van der Waals surface area (Å²) in [6, 6.07) is 5.41. The van der Waals surface area contributed by atoms with Crippen molar-refractivity contribution in [1.29, 1.82) is 0 Å². The highest BCUT2D eigenvalue weighted by atomic mass is 19.1. The van der Waals surface area contributed by atoms with E-state index in [2.05, 4.69) is 24.1 Å². The standard InChI is InChI=1S/C14H17FN2O/c1-9(2)16-8-14-17-7-13(18-14)11-5-4-10(3)12(15)6-11/h4-7,9,16H,8H2,1-3H3. The lowest BCUT2D eigenvalue weighted by molar-refractivity contribution is 0.458. The monoisotopic (exact) mass is 248 g/mol. The van der Waals surface area contributed by atoms with Crippen molar-refractivity contribution in [3.63, 3.8) is 0 Å². The van der Waals surface area contributed by atoms with E-state index in [4.69, 9.17) is 4.42 Å². The third-order valence-corrected chi connectivity index (χ3v) is 2.67. The summed E-state index contributed by atoms with van der Waals surface area (Å²) >= 11 is 0. The van der Waals surface area contributed by atoms with Crippen LogP contribution in [0.25, 0.3) is 11.3 Å². The average molecular weight is 248 g/mol. The number of nitrogens with zero attached hydrogens (tertiary/aromatic N) is 1. The van der Waals surface area contributed by atoms with Crippen LogP contribution in [0.15, 0.2) is 28.8 Å². The van der Waals surface area contributed by atoms with E-state index in [-0.39, 0.29) is 5.82 Å². The van der Waals surface area contributed by atoms with Crippen LogP contribution < -0.4 is 5.32 Å². The second-order valence-electron chi connectivity index (χ2n) is 4.62.